The van der Waals surface area contributed by atoms with Gasteiger partial charge in [0.05, 0.1) is 0 Å². The van der Waals surface area contributed by atoms with Crippen LogP contribution in [0.2, 0.25) is 0 Å². The molecule has 0 fully saturated rings. The lowest BCUT2D eigenvalue weighted by Crippen LogP contribution is -2.00. The van der Waals surface area contributed by atoms with E-state index in [2.05, 4.69) is 5.16 Å². The highest BCUT2D eigenvalue weighted by Crippen LogP contribution is 2.02. The Balaban J connectivity index is 2.96. The third kappa shape index (κ3) is 1.88. The number of Topliss-reactive ketones (excluding diaryl/α,β-unsaturated/α-hetero) is 1. The molecule has 0 saturated carbocycles. The van der Waals surface area contributed by atoms with Crippen molar-refractivity contribution in [3.8, 4) is 0 Å². The van der Waals surface area contributed by atoms with E-state index in [1.807, 2.05) is 0 Å². The normalized spacial score (nSPS) is 10.4. The summed E-state index contributed by atoms with van der Waals surface area (Å²) in [5, 5.41) is 10.6. The van der Waals surface area contributed by atoms with Crippen LogP contribution in [-0.2, 0) is 0 Å². The SMILES string of the molecule is O=C(C=NO)c1cccc(F)c1. The molecule has 0 aliphatic heterocycles. The van der Waals surface area contributed by atoms with Crippen LogP contribution in [0.4, 0.5) is 4.39 Å². The molecule has 0 aromatic heterocycles. The molecule has 0 aliphatic rings. The number of nitrogens with zero attached hydrogens (tertiary/aromatic N) is 1. The predicted molar refractivity (Wildman–Crippen MR) is 41.0 cm³/mol. The summed E-state index contributed by atoms with van der Waals surface area (Å²) in [6.07, 6.45) is 0.717. The topological polar surface area (TPSA) is 49.7 Å². The number of benzene rings is 1. The third-order valence-electron chi connectivity index (χ3n) is 1.28. The Bertz CT molecular complexity index is 323. The first kappa shape index (κ1) is 8.39. The summed E-state index contributed by atoms with van der Waals surface area (Å²) in [5.41, 5.74) is 0.160. The molecule has 1 rings (SSSR count). The summed E-state index contributed by atoms with van der Waals surface area (Å²) in [6, 6.07) is 5.15. The molecule has 12 heavy (non-hydrogen) atoms. The highest BCUT2D eigenvalue weighted by molar-refractivity contribution is 6.35. The largest absolute Gasteiger partial charge is 0.411 e. The van der Waals surface area contributed by atoms with Crippen LogP contribution in [0.1, 0.15) is 10.4 Å². The van der Waals surface area contributed by atoms with Gasteiger partial charge in [-0.25, -0.2) is 4.39 Å². The average molecular weight is 167 g/mol. The van der Waals surface area contributed by atoms with Gasteiger partial charge in [0, 0.05) is 5.56 Å². The fraction of sp³-hybridized carbons (Fsp3) is 0. The molecular weight excluding hydrogens is 161 g/mol. The monoisotopic (exact) mass is 167 g/mol. The van der Waals surface area contributed by atoms with Crippen LogP contribution in [0.5, 0.6) is 0 Å². The van der Waals surface area contributed by atoms with Crippen molar-refractivity contribution in [1.29, 1.82) is 0 Å². The van der Waals surface area contributed by atoms with Crippen LogP contribution in [0.25, 0.3) is 0 Å². The molecule has 3 nitrogen and oxygen atoms in total. The van der Waals surface area contributed by atoms with Crippen LogP contribution >= 0.6 is 0 Å². The van der Waals surface area contributed by atoms with Gasteiger partial charge in [-0.1, -0.05) is 17.3 Å². The maximum Gasteiger partial charge on any atom is 0.207 e. The van der Waals surface area contributed by atoms with Gasteiger partial charge in [-0.15, -0.1) is 0 Å². The fourth-order valence-corrected chi connectivity index (χ4v) is 0.769. The zero-order valence-electron chi connectivity index (χ0n) is 6.07. The number of carbonyl (C=O) groups excluding carboxylic acids is 1. The van der Waals surface area contributed by atoms with Crippen molar-refractivity contribution >= 4 is 12.0 Å². The molecule has 62 valence electrons. The minimum absolute atomic E-state index is 0.160. The maximum atomic E-state index is 12.5. The lowest BCUT2D eigenvalue weighted by Gasteiger charge is -1.93. The first-order valence-corrected chi connectivity index (χ1v) is 3.21. The predicted octanol–water partition coefficient (Wildman–Crippen LogP) is 1.47. The van der Waals surface area contributed by atoms with Gasteiger partial charge in [0.1, 0.15) is 12.0 Å². The van der Waals surface area contributed by atoms with Gasteiger partial charge >= 0.3 is 0 Å². The molecular formula is C8H6FNO2. The molecule has 0 spiro atoms. The molecule has 0 heterocycles. The van der Waals surface area contributed by atoms with Crippen molar-refractivity contribution in [3.63, 3.8) is 0 Å². The summed E-state index contributed by atoms with van der Waals surface area (Å²) in [5.74, 6) is -1.02. The van der Waals surface area contributed by atoms with E-state index in [0.29, 0.717) is 0 Å². The van der Waals surface area contributed by atoms with Crippen molar-refractivity contribution in [1.82, 2.24) is 0 Å². The highest BCUT2D eigenvalue weighted by atomic mass is 19.1. The van der Waals surface area contributed by atoms with Crippen molar-refractivity contribution in [2.75, 3.05) is 0 Å². The highest BCUT2D eigenvalue weighted by Gasteiger charge is 2.02. The maximum absolute atomic E-state index is 12.5. The van der Waals surface area contributed by atoms with E-state index < -0.39 is 11.6 Å². The van der Waals surface area contributed by atoms with E-state index in [9.17, 15) is 9.18 Å². The van der Waals surface area contributed by atoms with Crippen LogP contribution in [0, 0.1) is 5.82 Å². The van der Waals surface area contributed by atoms with Gasteiger partial charge in [0.2, 0.25) is 5.78 Å². The number of oxime groups is 1. The number of ketones is 1. The second kappa shape index (κ2) is 3.61. The number of rotatable bonds is 2. The smallest absolute Gasteiger partial charge is 0.207 e. The summed E-state index contributed by atoms with van der Waals surface area (Å²) in [7, 11) is 0. The zero-order valence-corrected chi connectivity index (χ0v) is 6.07. The van der Waals surface area contributed by atoms with E-state index in [1.54, 1.807) is 0 Å². The number of hydrogen-bond acceptors (Lipinski definition) is 3. The van der Waals surface area contributed by atoms with E-state index in [-0.39, 0.29) is 5.56 Å². The average Bonchev–Trinajstić information content (AvgIpc) is 2.05. The third-order valence-corrected chi connectivity index (χ3v) is 1.28. The minimum Gasteiger partial charge on any atom is -0.411 e. The minimum atomic E-state index is -0.531. The molecule has 1 aromatic rings. The lowest BCUT2D eigenvalue weighted by molar-refractivity contribution is 0.106. The van der Waals surface area contributed by atoms with Crippen LogP contribution < -0.4 is 0 Å². The molecule has 0 bridgehead atoms. The summed E-state index contributed by atoms with van der Waals surface area (Å²) >= 11 is 0. The molecule has 0 saturated heterocycles. The standard InChI is InChI=1S/C8H6FNO2/c9-7-3-1-2-6(4-7)8(11)5-10-12/h1-5,12H. The molecule has 4 heteroatoms. The lowest BCUT2D eigenvalue weighted by atomic mass is 10.1. The zero-order chi connectivity index (χ0) is 8.97. The molecule has 0 aliphatic carbocycles. The number of hydrogen-bond donors (Lipinski definition) is 1. The van der Waals surface area contributed by atoms with Gasteiger partial charge in [0.25, 0.3) is 0 Å². The van der Waals surface area contributed by atoms with E-state index in [4.69, 9.17) is 5.21 Å². The quantitative estimate of drug-likeness (QED) is 0.314. The first-order chi connectivity index (χ1) is 5.74. The van der Waals surface area contributed by atoms with Crippen molar-refractivity contribution in [2.24, 2.45) is 5.16 Å². The molecule has 0 unspecified atom stereocenters. The fourth-order valence-electron chi connectivity index (χ4n) is 0.769. The Hall–Kier alpha value is -1.71. The van der Waals surface area contributed by atoms with Gasteiger partial charge < -0.3 is 5.21 Å². The Morgan fingerprint density at radius 1 is 1.58 bits per heavy atom. The first-order valence-electron chi connectivity index (χ1n) is 3.21. The Labute approximate surface area is 68.1 Å². The molecule has 0 amide bonds. The van der Waals surface area contributed by atoms with Crippen LogP contribution in [0.15, 0.2) is 29.4 Å². The van der Waals surface area contributed by atoms with Crippen LogP contribution in [0.3, 0.4) is 0 Å². The second-order valence-corrected chi connectivity index (χ2v) is 2.12. The summed E-state index contributed by atoms with van der Waals surface area (Å²) in [4.78, 5) is 10.9. The Morgan fingerprint density at radius 2 is 2.33 bits per heavy atom. The summed E-state index contributed by atoms with van der Waals surface area (Å²) in [6.45, 7) is 0. The van der Waals surface area contributed by atoms with Gasteiger partial charge in [-0.05, 0) is 12.1 Å². The van der Waals surface area contributed by atoms with Gasteiger partial charge in [0.15, 0.2) is 0 Å². The van der Waals surface area contributed by atoms with Gasteiger partial charge in [-0.3, -0.25) is 4.79 Å². The van der Waals surface area contributed by atoms with E-state index in [0.717, 1.165) is 12.3 Å². The Morgan fingerprint density at radius 3 is 2.92 bits per heavy atom. The van der Waals surface area contributed by atoms with Crippen molar-refractivity contribution < 1.29 is 14.4 Å². The van der Waals surface area contributed by atoms with Gasteiger partial charge in [-0.2, -0.15) is 0 Å². The molecule has 1 N–H and O–H groups in total. The van der Waals surface area contributed by atoms with E-state index in [1.165, 1.54) is 18.2 Å². The summed E-state index contributed by atoms with van der Waals surface area (Å²) < 4.78 is 12.5. The molecule has 1 aromatic carbocycles. The molecule has 0 atom stereocenters. The van der Waals surface area contributed by atoms with Crippen molar-refractivity contribution in [3.05, 3.63) is 35.6 Å². The Kier molecular flexibility index (Phi) is 2.53. The van der Waals surface area contributed by atoms with E-state index >= 15 is 0 Å². The second-order valence-electron chi connectivity index (χ2n) is 2.12. The molecule has 0 radical (unpaired) electrons. The number of carbonyl (C=O) groups is 1. The van der Waals surface area contributed by atoms with Crippen LogP contribution in [-0.4, -0.2) is 17.2 Å². The number of halogens is 1. The van der Waals surface area contributed by atoms with Crippen molar-refractivity contribution in [2.45, 2.75) is 0 Å².